The molecule has 0 aromatic heterocycles. The minimum absolute atomic E-state index is 0. The molecule has 1 unspecified atom stereocenters. The van der Waals surface area contributed by atoms with Gasteiger partial charge in [-0.3, -0.25) is 0 Å². The van der Waals surface area contributed by atoms with Gasteiger partial charge in [0.2, 0.25) is 0 Å². The first-order valence-electron chi connectivity index (χ1n) is 2.36. The molecule has 3 N–H and O–H groups in total. The van der Waals surface area contributed by atoms with E-state index in [0.29, 0.717) is 6.04 Å². The van der Waals surface area contributed by atoms with Crippen LogP contribution in [0.15, 0.2) is 0 Å². The number of halogens is 4. The summed E-state index contributed by atoms with van der Waals surface area (Å²) in [4.78, 5) is 0. The lowest BCUT2D eigenvalue weighted by atomic mass is 10.3. The average Bonchev–Trinajstić information content (AvgIpc) is 1.86. The smallest absolute Gasteiger partial charge is 0.0177 e. The highest BCUT2D eigenvalue weighted by molar-refractivity contribution is 5.86. The normalized spacial score (nSPS) is 20.7. The Morgan fingerprint density at radius 2 is 1.60 bits per heavy atom. The molecule has 2 nitrogen and oxygen atoms in total. The Balaban J connectivity index is -0.0000000450. The Hall–Kier alpha value is 1.08. The van der Waals surface area contributed by atoms with Gasteiger partial charge in [-0.15, -0.1) is 49.6 Å². The highest BCUT2D eigenvalue weighted by Crippen LogP contribution is 1.90. The van der Waals surface area contributed by atoms with Gasteiger partial charge < -0.3 is 11.1 Å². The van der Waals surface area contributed by atoms with E-state index >= 15 is 0 Å². The molecule has 6 heteroatoms. The zero-order chi connectivity index (χ0) is 4.41. The predicted octanol–water partition coefficient (Wildman–Crippen LogP) is 0.994. The van der Waals surface area contributed by atoms with Crippen LogP contribution in [-0.2, 0) is 0 Å². The number of hydrogen-bond acceptors (Lipinski definition) is 2. The van der Waals surface area contributed by atoms with Crippen molar-refractivity contribution in [3.8, 4) is 0 Å². The van der Waals surface area contributed by atoms with E-state index < -0.39 is 0 Å². The van der Waals surface area contributed by atoms with Crippen LogP contribution in [0.25, 0.3) is 0 Å². The molecule has 0 radical (unpaired) electrons. The second kappa shape index (κ2) is 12.7. The first-order chi connectivity index (χ1) is 2.89. The van der Waals surface area contributed by atoms with Crippen LogP contribution < -0.4 is 11.1 Å². The van der Waals surface area contributed by atoms with Crippen LogP contribution in [0, 0.1) is 0 Å². The second-order valence-corrected chi connectivity index (χ2v) is 1.75. The second-order valence-electron chi connectivity index (χ2n) is 1.75. The Labute approximate surface area is 86.3 Å². The summed E-state index contributed by atoms with van der Waals surface area (Å²) < 4.78 is 0. The molecule has 1 heterocycles. The van der Waals surface area contributed by atoms with Crippen LogP contribution in [0.4, 0.5) is 0 Å². The molecule has 0 bridgehead atoms. The molecule has 0 saturated carbocycles. The van der Waals surface area contributed by atoms with Gasteiger partial charge in [-0.2, -0.15) is 0 Å². The summed E-state index contributed by atoms with van der Waals surface area (Å²) in [5.74, 6) is 0. The van der Waals surface area contributed by atoms with E-state index in [0.717, 1.165) is 19.5 Å². The van der Waals surface area contributed by atoms with Gasteiger partial charge in [-0.1, -0.05) is 0 Å². The van der Waals surface area contributed by atoms with Crippen LogP contribution in [0.3, 0.4) is 0 Å². The van der Waals surface area contributed by atoms with Crippen LogP contribution >= 0.6 is 49.6 Å². The van der Waals surface area contributed by atoms with E-state index in [1.807, 2.05) is 0 Å². The van der Waals surface area contributed by atoms with Crippen molar-refractivity contribution in [2.75, 3.05) is 13.1 Å². The summed E-state index contributed by atoms with van der Waals surface area (Å²) in [7, 11) is 0. The minimum atomic E-state index is 0. The molecule has 68 valence electrons. The van der Waals surface area contributed by atoms with Crippen molar-refractivity contribution in [2.24, 2.45) is 5.73 Å². The van der Waals surface area contributed by atoms with Crippen LogP contribution in [0.5, 0.6) is 0 Å². The number of rotatable bonds is 0. The Kier molecular flexibility index (Phi) is 28.6. The van der Waals surface area contributed by atoms with Gasteiger partial charge >= 0.3 is 0 Å². The third-order valence-electron chi connectivity index (χ3n) is 1.10. The molecule has 0 aromatic carbocycles. The number of nitrogens with two attached hydrogens (primary N) is 1. The first kappa shape index (κ1) is 22.5. The zero-order valence-electron chi connectivity index (χ0n) is 5.41. The van der Waals surface area contributed by atoms with Gasteiger partial charge in [-0.05, 0) is 13.0 Å². The fourth-order valence-electron chi connectivity index (χ4n) is 0.677. The van der Waals surface area contributed by atoms with Gasteiger partial charge in [0.25, 0.3) is 0 Å². The van der Waals surface area contributed by atoms with Crippen LogP contribution in [0.1, 0.15) is 6.42 Å². The molecule has 1 aliphatic heterocycles. The van der Waals surface area contributed by atoms with Gasteiger partial charge in [0.05, 0.1) is 0 Å². The monoisotopic (exact) mass is 230 g/mol. The highest BCUT2D eigenvalue weighted by Gasteiger charge is 2.06. The van der Waals surface area contributed by atoms with Crippen molar-refractivity contribution in [2.45, 2.75) is 12.5 Å². The van der Waals surface area contributed by atoms with Crippen molar-refractivity contribution in [3.63, 3.8) is 0 Å². The van der Waals surface area contributed by atoms with Gasteiger partial charge in [0.15, 0.2) is 0 Å². The van der Waals surface area contributed by atoms with Crippen molar-refractivity contribution in [1.82, 2.24) is 5.32 Å². The molecule has 1 fully saturated rings. The van der Waals surface area contributed by atoms with E-state index in [1.54, 1.807) is 0 Å². The molecule has 0 amide bonds. The standard InChI is InChI=1S/C4H10N2.4ClH/c5-4-1-2-6-3-4;;;;/h4,6H,1-3,5H2;4*1H. The van der Waals surface area contributed by atoms with Gasteiger partial charge in [0.1, 0.15) is 0 Å². The van der Waals surface area contributed by atoms with Crippen LogP contribution in [0.2, 0.25) is 0 Å². The van der Waals surface area contributed by atoms with E-state index in [2.05, 4.69) is 5.32 Å². The lowest BCUT2D eigenvalue weighted by molar-refractivity contribution is 0.742. The van der Waals surface area contributed by atoms with Crippen molar-refractivity contribution < 1.29 is 0 Å². The quantitative estimate of drug-likeness (QED) is 0.653. The van der Waals surface area contributed by atoms with E-state index in [1.165, 1.54) is 0 Å². The molecular weight excluding hydrogens is 218 g/mol. The maximum atomic E-state index is 5.47. The Morgan fingerprint density at radius 1 is 1.10 bits per heavy atom. The molecule has 1 saturated heterocycles. The molecule has 1 rings (SSSR count). The maximum Gasteiger partial charge on any atom is 0.0177 e. The molecular formula is C4H14Cl4N2. The molecule has 0 spiro atoms. The lowest BCUT2D eigenvalue weighted by Crippen LogP contribution is -2.21. The maximum absolute atomic E-state index is 5.47. The summed E-state index contributed by atoms with van der Waals surface area (Å²) in [5, 5.41) is 3.15. The minimum Gasteiger partial charge on any atom is -0.327 e. The van der Waals surface area contributed by atoms with Gasteiger partial charge in [-0.25, -0.2) is 0 Å². The fourth-order valence-corrected chi connectivity index (χ4v) is 0.677. The average molecular weight is 232 g/mol. The van der Waals surface area contributed by atoms with E-state index in [-0.39, 0.29) is 49.6 Å². The highest BCUT2D eigenvalue weighted by atomic mass is 35.5. The number of nitrogens with one attached hydrogen (secondary N) is 1. The largest absolute Gasteiger partial charge is 0.327 e. The summed E-state index contributed by atoms with van der Waals surface area (Å²) >= 11 is 0. The van der Waals surface area contributed by atoms with Gasteiger partial charge in [0, 0.05) is 12.6 Å². The lowest BCUT2D eigenvalue weighted by Gasteiger charge is -1.91. The molecule has 0 aliphatic carbocycles. The summed E-state index contributed by atoms with van der Waals surface area (Å²) in [5.41, 5.74) is 5.47. The van der Waals surface area contributed by atoms with Crippen molar-refractivity contribution in [1.29, 1.82) is 0 Å². The van der Waals surface area contributed by atoms with Crippen molar-refractivity contribution in [3.05, 3.63) is 0 Å². The summed E-state index contributed by atoms with van der Waals surface area (Å²) in [6, 6.07) is 0.435. The fraction of sp³-hybridized carbons (Fsp3) is 1.00. The predicted molar refractivity (Wildman–Crippen MR) is 54.5 cm³/mol. The topological polar surface area (TPSA) is 38.0 Å². The molecule has 1 atom stereocenters. The van der Waals surface area contributed by atoms with Crippen LogP contribution in [-0.4, -0.2) is 19.1 Å². The van der Waals surface area contributed by atoms with E-state index in [9.17, 15) is 0 Å². The SMILES string of the molecule is Cl.Cl.Cl.Cl.NC1CCNC1. The molecule has 1 aliphatic rings. The Bertz CT molecular complexity index is 48.5. The van der Waals surface area contributed by atoms with Crippen molar-refractivity contribution >= 4 is 49.6 Å². The summed E-state index contributed by atoms with van der Waals surface area (Å²) in [6.45, 7) is 2.13. The first-order valence-corrected chi connectivity index (χ1v) is 2.36. The summed E-state index contributed by atoms with van der Waals surface area (Å²) in [6.07, 6.45) is 1.15. The molecule has 10 heavy (non-hydrogen) atoms. The number of hydrogen-bond donors (Lipinski definition) is 2. The van der Waals surface area contributed by atoms with E-state index in [4.69, 9.17) is 5.73 Å². The molecule has 0 aromatic rings. The third-order valence-corrected chi connectivity index (χ3v) is 1.10. The third kappa shape index (κ3) is 9.08. The zero-order valence-corrected chi connectivity index (χ0v) is 8.68. The Morgan fingerprint density at radius 3 is 1.70 bits per heavy atom.